The van der Waals surface area contributed by atoms with Gasteiger partial charge in [0.25, 0.3) is 0 Å². The lowest BCUT2D eigenvalue weighted by Crippen LogP contribution is -1.90. The van der Waals surface area contributed by atoms with E-state index >= 15 is 0 Å². The summed E-state index contributed by atoms with van der Waals surface area (Å²) >= 11 is 0. The summed E-state index contributed by atoms with van der Waals surface area (Å²) in [6.07, 6.45) is 1.02. The van der Waals surface area contributed by atoms with Crippen molar-refractivity contribution >= 4 is 5.97 Å². The Morgan fingerprint density at radius 2 is 1.36 bits per heavy atom. The van der Waals surface area contributed by atoms with Crippen LogP contribution in [0.25, 0.3) is 0 Å². The standard InChI is InChI=1S/C4H8O2.5H3N/c1-2-3-4(5)6;;;;;/h2-3H2,1H3,(H,5,6);5*1H3. The van der Waals surface area contributed by atoms with Crippen LogP contribution in [-0.4, -0.2) is 11.1 Å². The highest BCUT2D eigenvalue weighted by Gasteiger charge is 1.87. The van der Waals surface area contributed by atoms with Crippen molar-refractivity contribution in [3.8, 4) is 0 Å². The second kappa shape index (κ2) is 34.8. The van der Waals surface area contributed by atoms with Gasteiger partial charge in [-0.05, 0) is 6.42 Å². The van der Waals surface area contributed by atoms with Gasteiger partial charge in [0.05, 0.1) is 0 Å². The van der Waals surface area contributed by atoms with Gasteiger partial charge >= 0.3 is 5.97 Å². The molecule has 0 unspecified atom stereocenters. The van der Waals surface area contributed by atoms with Gasteiger partial charge in [0.2, 0.25) is 0 Å². The lowest BCUT2D eigenvalue weighted by molar-refractivity contribution is -0.137. The van der Waals surface area contributed by atoms with Gasteiger partial charge in [0.1, 0.15) is 0 Å². The van der Waals surface area contributed by atoms with E-state index in [0.717, 1.165) is 6.42 Å². The van der Waals surface area contributed by atoms with Gasteiger partial charge in [-0.2, -0.15) is 0 Å². The van der Waals surface area contributed by atoms with Gasteiger partial charge in [-0.3, -0.25) is 4.79 Å². The van der Waals surface area contributed by atoms with Gasteiger partial charge in [0, 0.05) is 6.42 Å². The number of carboxylic acids is 1. The predicted octanol–water partition coefficient (Wildman–Crippen LogP) is 1.68. The monoisotopic (exact) mass is 173 g/mol. The summed E-state index contributed by atoms with van der Waals surface area (Å²) in [6, 6.07) is 0. The second-order valence-corrected chi connectivity index (χ2v) is 1.14. The van der Waals surface area contributed by atoms with Crippen molar-refractivity contribution in [1.82, 2.24) is 30.8 Å². The number of carboxylic acid groups (broad SMARTS) is 1. The molecule has 0 aliphatic carbocycles. The van der Waals surface area contributed by atoms with Crippen LogP contribution in [0.4, 0.5) is 0 Å². The highest BCUT2D eigenvalue weighted by molar-refractivity contribution is 5.66. The van der Waals surface area contributed by atoms with Crippen molar-refractivity contribution in [2.75, 3.05) is 0 Å². The molecule has 0 spiro atoms. The molecule has 0 radical (unpaired) electrons. The molecular formula is C4H23N5O2. The molecule has 0 aromatic heterocycles. The first kappa shape index (κ1) is 48.4. The van der Waals surface area contributed by atoms with E-state index in [9.17, 15) is 4.79 Å². The van der Waals surface area contributed by atoms with Gasteiger partial charge in [0.15, 0.2) is 0 Å². The van der Waals surface area contributed by atoms with Crippen molar-refractivity contribution < 1.29 is 9.90 Å². The molecule has 0 aliphatic heterocycles. The van der Waals surface area contributed by atoms with Crippen LogP contribution in [0.1, 0.15) is 19.8 Å². The van der Waals surface area contributed by atoms with Gasteiger partial charge in [-0.25, -0.2) is 0 Å². The summed E-state index contributed by atoms with van der Waals surface area (Å²) in [5, 5.41) is 7.91. The molecule has 0 amide bonds. The lowest BCUT2D eigenvalue weighted by atomic mass is 10.4. The maximum atomic E-state index is 9.60. The van der Waals surface area contributed by atoms with E-state index < -0.39 is 5.97 Å². The molecule has 11 heavy (non-hydrogen) atoms. The lowest BCUT2D eigenvalue weighted by Gasteiger charge is -1.79. The second-order valence-electron chi connectivity index (χ2n) is 1.14. The minimum Gasteiger partial charge on any atom is -0.481 e. The fourth-order valence-corrected chi connectivity index (χ4v) is 0.214. The molecular weight excluding hydrogens is 150 g/mol. The Morgan fingerprint density at radius 3 is 1.36 bits per heavy atom. The molecule has 16 N–H and O–H groups in total. The average molecular weight is 173 g/mol. The van der Waals surface area contributed by atoms with Crippen LogP contribution in [0.15, 0.2) is 0 Å². The summed E-state index contributed by atoms with van der Waals surface area (Å²) in [5.74, 6) is -0.711. The Balaban J connectivity index is -0.0000000125. The van der Waals surface area contributed by atoms with E-state index in [0.29, 0.717) is 6.42 Å². The van der Waals surface area contributed by atoms with Gasteiger partial charge < -0.3 is 35.9 Å². The Morgan fingerprint density at radius 1 is 1.09 bits per heavy atom. The first-order chi connectivity index (χ1) is 2.77. The van der Waals surface area contributed by atoms with Crippen LogP contribution in [0.5, 0.6) is 0 Å². The molecule has 7 nitrogen and oxygen atoms in total. The number of hydrogen-bond acceptors (Lipinski definition) is 6. The van der Waals surface area contributed by atoms with Crippen LogP contribution < -0.4 is 30.8 Å². The SMILES string of the molecule is CCCC(=O)O.N.N.N.N.N. The maximum absolute atomic E-state index is 9.60. The Kier molecular flexibility index (Phi) is 153. The summed E-state index contributed by atoms with van der Waals surface area (Å²) in [4.78, 5) is 9.60. The van der Waals surface area contributed by atoms with E-state index in [2.05, 4.69) is 0 Å². The Bertz CT molecular complexity index is 60.4. The van der Waals surface area contributed by atoms with Gasteiger partial charge in [-0.15, -0.1) is 0 Å². The predicted molar refractivity (Wildman–Crippen MR) is 47.7 cm³/mol. The molecule has 0 bridgehead atoms. The summed E-state index contributed by atoms with van der Waals surface area (Å²) < 4.78 is 0. The molecule has 0 heterocycles. The number of aliphatic carboxylic acids is 1. The molecule has 0 saturated carbocycles. The summed E-state index contributed by atoms with van der Waals surface area (Å²) in [7, 11) is 0. The first-order valence-electron chi connectivity index (χ1n) is 1.99. The van der Waals surface area contributed by atoms with Crippen molar-refractivity contribution in [1.29, 1.82) is 0 Å². The average Bonchev–Trinajstić information content (AvgIpc) is 1.35. The van der Waals surface area contributed by atoms with Crippen LogP contribution in [-0.2, 0) is 4.79 Å². The largest absolute Gasteiger partial charge is 0.481 e. The van der Waals surface area contributed by atoms with Crippen molar-refractivity contribution in [3.05, 3.63) is 0 Å². The number of hydrogen-bond donors (Lipinski definition) is 6. The normalized spacial score (nSPS) is 4.45. The Labute approximate surface area is 67.5 Å². The molecule has 7 heteroatoms. The van der Waals surface area contributed by atoms with E-state index in [1.807, 2.05) is 6.92 Å². The molecule has 0 fully saturated rings. The molecule has 0 aromatic carbocycles. The summed E-state index contributed by atoms with van der Waals surface area (Å²) in [6.45, 7) is 1.84. The quantitative estimate of drug-likeness (QED) is 0.362. The number of carbonyl (C=O) groups is 1. The fourth-order valence-electron chi connectivity index (χ4n) is 0.214. The fraction of sp³-hybridized carbons (Fsp3) is 0.750. The third-order valence-corrected chi connectivity index (χ3v) is 0.464. The van der Waals surface area contributed by atoms with E-state index in [-0.39, 0.29) is 30.8 Å². The zero-order chi connectivity index (χ0) is 4.99. The van der Waals surface area contributed by atoms with Gasteiger partial charge in [-0.1, -0.05) is 6.92 Å². The number of rotatable bonds is 2. The zero-order valence-electron chi connectivity index (χ0n) is 7.31. The van der Waals surface area contributed by atoms with Crippen LogP contribution >= 0.6 is 0 Å². The molecule has 0 aliphatic rings. The van der Waals surface area contributed by atoms with E-state index in [1.54, 1.807) is 0 Å². The topological polar surface area (TPSA) is 212 Å². The highest BCUT2D eigenvalue weighted by Crippen LogP contribution is 1.82. The molecule has 76 valence electrons. The highest BCUT2D eigenvalue weighted by atomic mass is 16.4. The minimum atomic E-state index is -0.711. The van der Waals surface area contributed by atoms with E-state index in [1.165, 1.54) is 0 Å². The first-order valence-corrected chi connectivity index (χ1v) is 1.99. The molecule has 0 aromatic rings. The van der Waals surface area contributed by atoms with Crippen molar-refractivity contribution in [2.45, 2.75) is 19.8 Å². The smallest absolute Gasteiger partial charge is 0.303 e. The Hall–Kier alpha value is -0.730. The third-order valence-electron chi connectivity index (χ3n) is 0.464. The molecule has 0 saturated heterocycles. The molecule has 0 rings (SSSR count). The summed E-state index contributed by atoms with van der Waals surface area (Å²) in [5.41, 5.74) is 0. The van der Waals surface area contributed by atoms with Crippen LogP contribution in [0.2, 0.25) is 0 Å². The van der Waals surface area contributed by atoms with E-state index in [4.69, 9.17) is 5.11 Å². The maximum Gasteiger partial charge on any atom is 0.303 e. The van der Waals surface area contributed by atoms with Crippen molar-refractivity contribution in [2.24, 2.45) is 0 Å². The minimum absolute atomic E-state index is 0. The molecule has 0 atom stereocenters. The van der Waals surface area contributed by atoms with Crippen molar-refractivity contribution in [3.63, 3.8) is 0 Å². The van der Waals surface area contributed by atoms with Crippen LogP contribution in [0, 0.1) is 0 Å². The zero-order valence-corrected chi connectivity index (χ0v) is 7.31. The van der Waals surface area contributed by atoms with Crippen LogP contribution in [0.3, 0.4) is 0 Å². The third kappa shape index (κ3) is 95.1.